The van der Waals surface area contributed by atoms with Crippen LogP contribution in [-0.2, 0) is 0 Å². The van der Waals surface area contributed by atoms with Crippen LogP contribution in [0, 0.1) is 51.1 Å². The number of nitriles is 3. The fourth-order valence-electron chi connectivity index (χ4n) is 4.03. The van der Waals surface area contributed by atoms with E-state index >= 15 is 0 Å². The number of hydrogen-bond acceptors (Lipinski definition) is 5. The minimum absolute atomic E-state index is 0.0781. The first-order valence-electron chi connectivity index (χ1n) is 8.44. The molecular formula is C20H18FN5. The van der Waals surface area contributed by atoms with E-state index in [0.717, 1.165) is 6.54 Å². The maximum Gasteiger partial charge on any atom is 0.204 e. The van der Waals surface area contributed by atoms with Gasteiger partial charge in [-0.25, -0.2) is 4.39 Å². The smallest absolute Gasteiger partial charge is 0.204 e. The molecule has 0 radical (unpaired) electrons. The minimum Gasteiger partial charge on any atom is -0.399 e. The van der Waals surface area contributed by atoms with Crippen LogP contribution in [0.5, 0.6) is 0 Å². The zero-order valence-electron chi connectivity index (χ0n) is 14.4. The first-order chi connectivity index (χ1) is 12.5. The van der Waals surface area contributed by atoms with Crippen LogP contribution in [-0.4, -0.2) is 24.5 Å². The molecule has 2 atom stereocenters. The van der Waals surface area contributed by atoms with Crippen LogP contribution in [0.25, 0.3) is 0 Å². The van der Waals surface area contributed by atoms with Gasteiger partial charge in [-0.2, -0.15) is 15.8 Å². The quantitative estimate of drug-likeness (QED) is 0.829. The van der Waals surface area contributed by atoms with Crippen LogP contribution in [0.4, 0.5) is 4.39 Å². The Balaban J connectivity index is 2.32. The fourth-order valence-corrected chi connectivity index (χ4v) is 4.03. The third-order valence-corrected chi connectivity index (χ3v) is 5.41. The molecule has 26 heavy (non-hydrogen) atoms. The number of halogens is 1. The van der Waals surface area contributed by atoms with Crippen LogP contribution in [0.3, 0.4) is 0 Å². The van der Waals surface area contributed by atoms with E-state index in [-0.39, 0.29) is 17.2 Å². The summed E-state index contributed by atoms with van der Waals surface area (Å²) in [7, 11) is 0. The topological polar surface area (TPSA) is 101 Å². The third-order valence-electron chi connectivity index (χ3n) is 5.41. The lowest BCUT2D eigenvalue weighted by Gasteiger charge is -2.44. The van der Waals surface area contributed by atoms with E-state index in [0.29, 0.717) is 24.2 Å². The number of nitrogens with zero attached hydrogens (tertiary/aromatic N) is 4. The maximum absolute atomic E-state index is 14.6. The molecule has 0 saturated heterocycles. The van der Waals surface area contributed by atoms with E-state index in [4.69, 9.17) is 5.73 Å². The predicted octanol–water partition coefficient (Wildman–Crippen LogP) is 2.57. The number of rotatable bonds is 2. The van der Waals surface area contributed by atoms with E-state index in [2.05, 4.69) is 11.0 Å². The van der Waals surface area contributed by atoms with Crippen LogP contribution in [0.1, 0.15) is 18.4 Å². The first-order valence-corrected chi connectivity index (χ1v) is 8.44. The zero-order valence-corrected chi connectivity index (χ0v) is 14.4. The Hall–Kier alpha value is -3.14. The Kier molecular flexibility index (Phi) is 4.51. The lowest BCUT2D eigenvalue weighted by Crippen LogP contribution is -2.47. The van der Waals surface area contributed by atoms with Crippen molar-refractivity contribution in [3.8, 4) is 18.2 Å². The Morgan fingerprint density at radius 3 is 2.54 bits per heavy atom. The molecule has 0 spiro atoms. The molecule has 0 saturated carbocycles. The molecule has 6 heteroatoms. The van der Waals surface area contributed by atoms with E-state index in [1.165, 1.54) is 6.07 Å². The molecule has 1 heterocycles. The highest BCUT2D eigenvalue weighted by atomic mass is 19.1. The standard InChI is InChI=1S/C20H18FN5/c1-2-26-8-7-16-15(10-26)18(13-5-3-4-6-17(13)21)14(9-22)19(25)20(16,11-23)12-24/h3-7,15,18H,2,8,10,25H2,1H3/t15-,18+/m1/s1. The highest BCUT2D eigenvalue weighted by Crippen LogP contribution is 2.53. The summed E-state index contributed by atoms with van der Waals surface area (Å²) in [5, 5.41) is 29.3. The van der Waals surface area contributed by atoms with Gasteiger partial charge in [0, 0.05) is 24.9 Å². The Labute approximate surface area is 152 Å². The van der Waals surface area contributed by atoms with Gasteiger partial charge in [-0.05, 0) is 23.7 Å². The monoisotopic (exact) mass is 347 g/mol. The summed E-state index contributed by atoms with van der Waals surface area (Å²) in [5.74, 6) is -1.40. The van der Waals surface area contributed by atoms with Gasteiger partial charge in [0.05, 0.1) is 29.5 Å². The fraction of sp³-hybridized carbons (Fsp3) is 0.350. The molecular weight excluding hydrogens is 329 g/mol. The minimum atomic E-state index is -1.67. The van der Waals surface area contributed by atoms with Crippen molar-refractivity contribution >= 4 is 0 Å². The van der Waals surface area contributed by atoms with Crippen LogP contribution < -0.4 is 5.73 Å². The number of allylic oxidation sites excluding steroid dienone is 2. The Morgan fingerprint density at radius 2 is 1.96 bits per heavy atom. The van der Waals surface area contributed by atoms with E-state index in [1.54, 1.807) is 18.2 Å². The second-order valence-corrected chi connectivity index (χ2v) is 6.53. The Morgan fingerprint density at radius 1 is 1.27 bits per heavy atom. The summed E-state index contributed by atoms with van der Waals surface area (Å²) in [4.78, 5) is 2.14. The molecule has 0 bridgehead atoms. The maximum atomic E-state index is 14.6. The van der Waals surface area contributed by atoms with Gasteiger partial charge in [-0.1, -0.05) is 31.2 Å². The molecule has 130 valence electrons. The van der Waals surface area contributed by atoms with Crippen molar-refractivity contribution in [1.82, 2.24) is 4.90 Å². The van der Waals surface area contributed by atoms with E-state index in [1.807, 2.05) is 25.1 Å². The Bertz CT molecular complexity index is 911. The number of nitrogens with two attached hydrogens (primary N) is 1. The van der Waals surface area contributed by atoms with Crippen LogP contribution >= 0.6 is 0 Å². The molecule has 3 rings (SSSR count). The summed E-state index contributed by atoms with van der Waals surface area (Å²) in [6.45, 7) is 3.91. The molecule has 1 aliphatic carbocycles. The van der Waals surface area contributed by atoms with Gasteiger partial charge < -0.3 is 5.73 Å². The number of hydrogen-bond donors (Lipinski definition) is 1. The largest absolute Gasteiger partial charge is 0.399 e. The van der Waals surface area contributed by atoms with Gasteiger partial charge in [0.2, 0.25) is 5.41 Å². The molecule has 2 N–H and O–H groups in total. The first kappa shape index (κ1) is 17.7. The third kappa shape index (κ3) is 2.37. The highest BCUT2D eigenvalue weighted by Gasteiger charge is 2.52. The van der Waals surface area contributed by atoms with Gasteiger partial charge in [-0.3, -0.25) is 4.90 Å². The molecule has 0 unspecified atom stereocenters. The van der Waals surface area contributed by atoms with Crippen LogP contribution in [0.2, 0.25) is 0 Å². The molecule has 1 aromatic rings. The summed E-state index contributed by atoms with van der Waals surface area (Å²) in [5.41, 5.74) is 5.49. The van der Waals surface area contributed by atoms with Gasteiger partial charge >= 0.3 is 0 Å². The van der Waals surface area contributed by atoms with E-state index in [9.17, 15) is 20.2 Å². The van der Waals surface area contributed by atoms with Crippen molar-refractivity contribution in [3.05, 3.63) is 58.6 Å². The van der Waals surface area contributed by atoms with Gasteiger partial charge in [0.25, 0.3) is 0 Å². The SMILES string of the molecule is CCN1CC=C2[C@@H](C1)[C@@H](c1ccccc1F)C(C#N)=C(N)C2(C#N)C#N. The normalized spacial score (nSPS) is 24.7. The molecule has 1 aromatic carbocycles. The summed E-state index contributed by atoms with van der Waals surface area (Å²) in [6.07, 6.45) is 1.85. The molecule has 0 amide bonds. The zero-order chi connectivity index (χ0) is 18.9. The predicted molar refractivity (Wildman–Crippen MR) is 93.3 cm³/mol. The second-order valence-electron chi connectivity index (χ2n) is 6.53. The van der Waals surface area contributed by atoms with Crippen LogP contribution in [0.15, 0.2) is 47.2 Å². The van der Waals surface area contributed by atoms with Crippen molar-refractivity contribution in [2.45, 2.75) is 12.8 Å². The summed E-state index contributed by atoms with van der Waals surface area (Å²) in [6, 6.07) is 12.4. The molecule has 0 fully saturated rings. The summed E-state index contributed by atoms with van der Waals surface area (Å²) >= 11 is 0. The molecule has 0 aromatic heterocycles. The number of fused-ring (bicyclic) bond motifs is 1. The average Bonchev–Trinajstić information content (AvgIpc) is 2.68. The van der Waals surface area contributed by atoms with Crippen molar-refractivity contribution < 1.29 is 4.39 Å². The van der Waals surface area contributed by atoms with Crippen molar-refractivity contribution in [2.24, 2.45) is 17.1 Å². The van der Waals surface area contributed by atoms with E-state index < -0.39 is 17.2 Å². The number of benzene rings is 1. The van der Waals surface area contributed by atoms with Crippen molar-refractivity contribution in [1.29, 1.82) is 15.8 Å². The van der Waals surface area contributed by atoms with Crippen molar-refractivity contribution in [2.75, 3.05) is 19.6 Å². The lowest BCUT2D eigenvalue weighted by molar-refractivity contribution is 0.233. The molecule has 5 nitrogen and oxygen atoms in total. The highest BCUT2D eigenvalue weighted by molar-refractivity contribution is 5.58. The second kappa shape index (κ2) is 6.64. The van der Waals surface area contributed by atoms with Crippen molar-refractivity contribution in [3.63, 3.8) is 0 Å². The summed E-state index contributed by atoms with van der Waals surface area (Å²) < 4.78 is 14.6. The van der Waals surface area contributed by atoms with Gasteiger partial charge in [-0.15, -0.1) is 0 Å². The molecule has 1 aliphatic heterocycles. The lowest BCUT2D eigenvalue weighted by atomic mass is 9.60. The average molecular weight is 347 g/mol. The van der Waals surface area contributed by atoms with Gasteiger partial charge in [0.1, 0.15) is 5.82 Å². The number of likely N-dealkylation sites (N-methyl/N-ethyl adjacent to an activating group) is 1. The van der Waals surface area contributed by atoms with Gasteiger partial charge in [0.15, 0.2) is 0 Å². The molecule has 2 aliphatic rings.